The summed E-state index contributed by atoms with van der Waals surface area (Å²) in [6.45, 7) is 2.90. The van der Waals surface area contributed by atoms with Gasteiger partial charge >= 0.3 is 0 Å². The monoisotopic (exact) mass is 346 g/mol. The van der Waals surface area contributed by atoms with Crippen molar-refractivity contribution >= 4 is 17.2 Å². The summed E-state index contributed by atoms with van der Waals surface area (Å²) in [5.74, 6) is 0.0778. The number of thiophene rings is 1. The number of nitrogens with one attached hydrogen (secondary N) is 1. The molecule has 1 unspecified atom stereocenters. The Morgan fingerprint density at radius 1 is 1.42 bits per heavy atom. The summed E-state index contributed by atoms with van der Waals surface area (Å²) in [6, 6.07) is 2.31. The molecule has 5 heteroatoms. The number of nitrogens with zero attached hydrogens (tertiary/aromatic N) is 1. The number of allylic oxidation sites excluding steroid dienone is 1. The van der Waals surface area contributed by atoms with E-state index in [1.165, 1.54) is 10.4 Å². The SMILES string of the molecule is CN1CCC2(CC1)OCCc1cc(C(=O)NC3C=CCCC3)sc12. The molecule has 3 heterocycles. The fourth-order valence-corrected chi connectivity index (χ4v) is 5.37. The molecular formula is C19H26N2O2S. The van der Waals surface area contributed by atoms with Crippen LogP contribution in [-0.2, 0) is 16.8 Å². The molecule has 0 aromatic carbocycles. The van der Waals surface area contributed by atoms with Gasteiger partial charge in [0.15, 0.2) is 0 Å². The van der Waals surface area contributed by atoms with Gasteiger partial charge in [-0.15, -0.1) is 11.3 Å². The first-order valence-electron chi connectivity index (χ1n) is 9.09. The summed E-state index contributed by atoms with van der Waals surface area (Å²) in [5, 5.41) is 3.18. The van der Waals surface area contributed by atoms with E-state index in [1.807, 2.05) is 0 Å². The van der Waals surface area contributed by atoms with Crippen LogP contribution < -0.4 is 5.32 Å². The molecule has 1 atom stereocenters. The van der Waals surface area contributed by atoms with E-state index in [-0.39, 0.29) is 17.6 Å². The van der Waals surface area contributed by atoms with Crippen molar-refractivity contribution in [2.24, 2.45) is 0 Å². The second kappa shape index (κ2) is 6.62. The lowest BCUT2D eigenvalue weighted by Crippen LogP contribution is -2.44. The van der Waals surface area contributed by atoms with Crippen molar-refractivity contribution in [3.05, 3.63) is 33.5 Å². The third kappa shape index (κ3) is 3.05. The number of carbonyl (C=O) groups is 1. The number of rotatable bonds is 2. The third-order valence-corrected chi connectivity index (χ3v) is 6.92. The lowest BCUT2D eigenvalue weighted by atomic mass is 9.85. The van der Waals surface area contributed by atoms with Crippen LogP contribution in [0.1, 0.15) is 52.2 Å². The zero-order valence-electron chi connectivity index (χ0n) is 14.3. The van der Waals surface area contributed by atoms with Gasteiger partial charge in [0, 0.05) is 24.0 Å². The standard InChI is InChI=1S/C19H26N2O2S/c1-21-10-8-19(9-11-21)17-14(7-12-23-19)13-16(24-17)18(22)20-15-5-3-2-4-6-15/h3,5,13,15H,2,4,6-12H2,1H3,(H,20,22). The smallest absolute Gasteiger partial charge is 0.261 e. The molecule has 1 amide bonds. The second-order valence-corrected chi connectivity index (χ2v) is 8.35. The van der Waals surface area contributed by atoms with Gasteiger partial charge in [-0.2, -0.15) is 0 Å². The number of likely N-dealkylation sites (tertiary alicyclic amines) is 1. The van der Waals surface area contributed by atoms with Crippen LogP contribution in [0, 0.1) is 0 Å². The van der Waals surface area contributed by atoms with Crippen molar-refractivity contribution < 1.29 is 9.53 Å². The fraction of sp³-hybridized carbons (Fsp3) is 0.632. The highest BCUT2D eigenvalue weighted by Crippen LogP contribution is 2.45. The van der Waals surface area contributed by atoms with Crippen LogP contribution in [0.25, 0.3) is 0 Å². The maximum absolute atomic E-state index is 12.7. The molecule has 1 saturated heterocycles. The van der Waals surface area contributed by atoms with E-state index < -0.39 is 0 Å². The maximum Gasteiger partial charge on any atom is 0.261 e. The molecule has 1 aromatic rings. The first-order chi connectivity index (χ1) is 11.7. The Morgan fingerprint density at radius 3 is 3.00 bits per heavy atom. The largest absolute Gasteiger partial charge is 0.369 e. The third-order valence-electron chi connectivity index (χ3n) is 5.56. The topological polar surface area (TPSA) is 41.6 Å². The Morgan fingerprint density at radius 2 is 2.25 bits per heavy atom. The summed E-state index contributed by atoms with van der Waals surface area (Å²) < 4.78 is 6.27. The molecule has 3 aliphatic rings. The summed E-state index contributed by atoms with van der Waals surface area (Å²) in [6.07, 6.45) is 10.6. The van der Waals surface area contributed by atoms with Gasteiger partial charge in [0.05, 0.1) is 11.5 Å². The summed E-state index contributed by atoms with van der Waals surface area (Å²) in [7, 11) is 2.17. The molecule has 1 spiro atoms. The second-order valence-electron chi connectivity index (χ2n) is 7.30. The first-order valence-corrected chi connectivity index (χ1v) is 9.91. The van der Waals surface area contributed by atoms with Gasteiger partial charge in [-0.1, -0.05) is 12.2 Å². The Labute approximate surface area is 147 Å². The highest BCUT2D eigenvalue weighted by Gasteiger charge is 2.42. The summed E-state index contributed by atoms with van der Waals surface area (Å²) >= 11 is 1.66. The lowest BCUT2D eigenvalue weighted by molar-refractivity contribution is -0.0921. The van der Waals surface area contributed by atoms with Crippen LogP contribution in [0.2, 0.25) is 0 Å². The quantitative estimate of drug-likeness (QED) is 0.837. The van der Waals surface area contributed by atoms with E-state index in [2.05, 4.69) is 35.5 Å². The highest BCUT2D eigenvalue weighted by molar-refractivity contribution is 7.14. The molecule has 1 N–H and O–H groups in total. The van der Waals surface area contributed by atoms with Crippen LogP contribution in [0.3, 0.4) is 0 Å². The van der Waals surface area contributed by atoms with Crippen molar-refractivity contribution in [2.45, 2.75) is 50.2 Å². The van der Waals surface area contributed by atoms with E-state index in [0.29, 0.717) is 0 Å². The maximum atomic E-state index is 12.7. The minimum absolute atomic E-state index is 0.0778. The predicted octanol–water partition coefficient (Wildman–Crippen LogP) is 3.08. The number of fused-ring (bicyclic) bond motifs is 2. The average Bonchev–Trinajstić information content (AvgIpc) is 3.05. The molecule has 4 rings (SSSR count). The van der Waals surface area contributed by atoms with E-state index in [4.69, 9.17) is 4.74 Å². The molecule has 0 radical (unpaired) electrons. The molecule has 0 bridgehead atoms. The van der Waals surface area contributed by atoms with Crippen LogP contribution in [-0.4, -0.2) is 43.6 Å². The van der Waals surface area contributed by atoms with E-state index in [0.717, 1.165) is 63.1 Å². The lowest BCUT2D eigenvalue weighted by Gasteiger charge is -2.42. The van der Waals surface area contributed by atoms with E-state index in [1.54, 1.807) is 11.3 Å². The molecular weight excluding hydrogens is 320 g/mol. The molecule has 1 aromatic heterocycles. The predicted molar refractivity (Wildman–Crippen MR) is 96.6 cm³/mol. The number of hydrogen-bond acceptors (Lipinski definition) is 4. The van der Waals surface area contributed by atoms with E-state index in [9.17, 15) is 4.79 Å². The molecule has 130 valence electrons. The molecule has 4 nitrogen and oxygen atoms in total. The van der Waals surface area contributed by atoms with E-state index >= 15 is 0 Å². The van der Waals surface area contributed by atoms with Crippen molar-refractivity contribution in [3.63, 3.8) is 0 Å². The van der Waals surface area contributed by atoms with Crippen molar-refractivity contribution in [2.75, 3.05) is 26.7 Å². The molecule has 2 aliphatic heterocycles. The van der Waals surface area contributed by atoms with Gasteiger partial charge in [-0.05, 0) is 57.2 Å². The highest BCUT2D eigenvalue weighted by atomic mass is 32.1. The fourth-order valence-electron chi connectivity index (χ4n) is 4.06. The average molecular weight is 346 g/mol. The van der Waals surface area contributed by atoms with Crippen molar-refractivity contribution in [1.82, 2.24) is 10.2 Å². The van der Waals surface area contributed by atoms with Crippen LogP contribution in [0.4, 0.5) is 0 Å². The minimum atomic E-state index is -0.145. The van der Waals surface area contributed by atoms with Gasteiger partial charge in [0.1, 0.15) is 5.60 Å². The van der Waals surface area contributed by atoms with Gasteiger partial charge in [-0.25, -0.2) is 0 Å². The number of piperidine rings is 1. The number of carbonyl (C=O) groups excluding carboxylic acids is 1. The Bertz CT molecular complexity index is 644. The van der Waals surface area contributed by atoms with Gasteiger partial charge in [0.25, 0.3) is 5.91 Å². The first kappa shape index (κ1) is 16.3. The van der Waals surface area contributed by atoms with Crippen LogP contribution >= 0.6 is 11.3 Å². The minimum Gasteiger partial charge on any atom is -0.369 e. The Hall–Kier alpha value is -1.17. The van der Waals surface area contributed by atoms with Crippen LogP contribution in [0.5, 0.6) is 0 Å². The molecule has 24 heavy (non-hydrogen) atoms. The van der Waals surface area contributed by atoms with Crippen molar-refractivity contribution in [3.8, 4) is 0 Å². The summed E-state index contributed by atoms with van der Waals surface area (Å²) in [5.41, 5.74) is 1.19. The van der Waals surface area contributed by atoms with Crippen LogP contribution in [0.15, 0.2) is 18.2 Å². The number of ether oxygens (including phenoxy) is 1. The Balaban J connectivity index is 1.54. The molecule has 0 saturated carbocycles. The Kier molecular flexibility index (Phi) is 4.50. The zero-order valence-corrected chi connectivity index (χ0v) is 15.2. The van der Waals surface area contributed by atoms with Gasteiger partial charge in [-0.3, -0.25) is 4.79 Å². The zero-order chi connectivity index (χ0) is 16.6. The molecule has 1 fully saturated rings. The van der Waals surface area contributed by atoms with Crippen molar-refractivity contribution in [1.29, 1.82) is 0 Å². The number of hydrogen-bond donors (Lipinski definition) is 1. The van der Waals surface area contributed by atoms with Gasteiger partial charge in [0.2, 0.25) is 0 Å². The number of amides is 1. The summed E-state index contributed by atoms with van der Waals surface area (Å²) in [4.78, 5) is 17.2. The van der Waals surface area contributed by atoms with Gasteiger partial charge < -0.3 is 15.0 Å². The molecule has 1 aliphatic carbocycles. The normalized spacial score (nSPS) is 26.3.